The number of anilines is 1. The Bertz CT molecular complexity index is 328. The highest BCUT2D eigenvalue weighted by molar-refractivity contribution is 14.1. The molecule has 0 aromatic carbocycles. The van der Waals surface area contributed by atoms with Crippen LogP contribution in [0.2, 0.25) is 0 Å². The fourth-order valence-electron chi connectivity index (χ4n) is 1.11. The normalized spacial score (nSPS) is 10.9. The van der Waals surface area contributed by atoms with Crippen LogP contribution in [0.3, 0.4) is 0 Å². The molecule has 0 bridgehead atoms. The van der Waals surface area contributed by atoms with Crippen LogP contribution in [0.1, 0.15) is 31.3 Å². The standard InChI is InChI=1S/C9H14IN3S/c1-5(2)8-7(10)9(11)13-6(12-8)4-14-3/h5H,4H2,1-3H3,(H2,11,12,13). The Morgan fingerprint density at radius 3 is 2.57 bits per heavy atom. The molecule has 0 aliphatic carbocycles. The van der Waals surface area contributed by atoms with Crippen molar-refractivity contribution in [2.45, 2.75) is 25.5 Å². The van der Waals surface area contributed by atoms with Crippen molar-refractivity contribution in [3.05, 3.63) is 15.1 Å². The summed E-state index contributed by atoms with van der Waals surface area (Å²) in [6.07, 6.45) is 2.03. The Morgan fingerprint density at radius 1 is 1.43 bits per heavy atom. The maximum Gasteiger partial charge on any atom is 0.140 e. The smallest absolute Gasteiger partial charge is 0.140 e. The van der Waals surface area contributed by atoms with Crippen molar-refractivity contribution in [1.29, 1.82) is 0 Å². The van der Waals surface area contributed by atoms with E-state index in [1.54, 1.807) is 11.8 Å². The van der Waals surface area contributed by atoms with Crippen LogP contribution in [-0.4, -0.2) is 16.2 Å². The zero-order chi connectivity index (χ0) is 10.7. The van der Waals surface area contributed by atoms with Crippen LogP contribution in [-0.2, 0) is 5.75 Å². The largest absolute Gasteiger partial charge is 0.383 e. The van der Waals surface area contributed by atoms with Gasteiger partial charge in [0.2, 0.25) is 0 Å². The second kappa shape index (κ2) is 5.16. The lowest BCUT2D eigenvalue weighted by atomic mass is 10.1. The number of hydrogen-bond acceptors (Lipinski definition) is 4. The number of halogens is 1. The van der Waals surface area contributed by atoms with Gasteiger partial charge < -0.3 is 5.73 Å². The number of nitrogen functional groups attached to an aromatic ring is 1. The van der Waals surface area contributed by atoms with Crippen molar-refractivity contribution in [1.82, 2.24) is 9.97 Å². The molecule has 0 radical (unpaired) electrons. The Kier molecular flexibility index (Phi) is 4.43. The van der Waals surface area contributed by atoms with E-state index in [9.17, 15) is 0 Å². The molecule has 1 aromatic heterocycles. The van der Waals surface area contributed by atoms with Gasteiger partial charge in [-0.25, -0.2) is 9.97 Å². The number of aromatic nitrogens is 2. The van der Waals surface area contributed by atoms with Gasteiger partial charge in [-0.1, -0.05) is 13.8 Å². The van der Waals surface area contributed by atoms with Gasteiger partial charge in [-0.05, 0) is 34.8 Å². The van der Waals surface area contributed by atoms with Crippen LogP contribution in [0, 0.1) is 3.57 Å². The van der Waals surface area contributed by atoms with Crippen LogP contribution in [0.15, 0.2) is 0 Å². The molecule has 5 heteroatoms. The number of nitrogens with zero attached hydrogens (tertiary/aromatic N) is 2. The van der Waals surface area contributed by atoms with Gasteiger partial charge in [0, 0.05) is 0 Å². The summed E-state index contributed by atoms with van der Waals surface area (Å²) in [5.41, 5.74) is 6.88. The van der Waals surface area contributed by atoms with Crippen molar-refractivity contribution >= 4 is 40.2 Å². The first-order chi connectivity index (χ1) is 6.56. The molecular formula is C9H14IN3S. The van der Waals surface area contributed by atoms with Gasteiger partial charge in [-0.2, -0.15) is 11.8 Å². The van der Waals surface area contributed by atoms with Crippen molar-refractivity contribution in [2.75, 3.05) is 12.0 Å². The molecule has 0 unspecified atom stereocenters. The van der Waals surface area contributed by atoms with Crippen molar-refractivity contribution in [3.8, 4) is 0 Å². The van der Waals surface area contributed by atoms with Gasteiger partial charge in [0.15, 0.2) is 0 Å². The van der Waals surface area contributed by atoms with E-state index < -0.39 is 0 Å². The SMILES string of the molecule is CSCc1nc(N)c(I)c(C(C)C)n1. The second-order valence-corrected chi connectivity index (χ2v) is 5.26. The van der Waals surface area contributed by atoms with Gasteiger partial charge in [-0.3, -0.25) is 0 Å². The highest BCUT2D eigenvalue weighted by Gasteiger charge is 2.12. The molecule has 0 saturated heterocycles. The van der Waals surface area contributed by atoms with Gasteiger partial charge >= 0.3 is 0 Å². The second-order valence-electron chi connectivity index (χ2n) is 3.31. The minimum Gasteiger partial charge on any atom is -0.383 e. The van der Waals surface area contributed by atoms with Crippen LogP contribution < -0.4 is 5.73 Å². The molecule has 0 aliphatic heterocycles. The fourth-order valence-corrected chi connectivity index (χ4v) is 2.36. The first kappa shape index (κ1) is 12.0. The zero-order valence-corrected chi connectivity index (χ0v) is 11.5. The van der Waals surface area contributed by atoms with Crippen molar-refractivity contribution in [3.63, 3.8) is 0 Å². The highest BCUT2D eigenvalue weighted by atomic mass is 127. The fraction of sp³-hybridized carbons (Fsp3) is 0.556. The van der Waals surface area contributed by atoms with E-state index >= 15 is 0 Å². The molecule has 1 rings (SSSR count). The summed E-state index contributed by atoms with van der Waals surface area (Å²) < 4.78 is 0.988. The van der Waals surface area contributed by atoms with Crippen LogP contribution >= 0.6 is 34.4 Å². The Morgan fingerprint density at radius 2 is 2.07 bits per heavy atom. The number of thioether (sulfide) groups is 1. The zero-order valence-electron chi connectivity index (χ0n) is 8.54. The van der Waals surface area contributed by atoms with E-state index in [2.05, 4.69) is 46.4 Å². The van der Waals surface area contributed by atoms with E-state index in [1.807, 2.05) is 6.26 Å². The summed E-state index contributed by atoms with van der Waals surface area (Å²) in [7, 11) is 0. The molecule has 2 N–H and O–H groups in total. The topological polar surface area (TPSA) is 51.8 Å². The lowest BCUT2D eigenvalue weighted by Crippen LogP contribution is -2.07. The first-order valence-electron chi connectivity index (χ1n) is 4.37. The van der Waals surface area contributed by atoms with Crippen molar-refractivity contribution < 1.29 is 0 Å². The van der Waals surface area contributed by atoms with Crippen LogP contribution in [0.4, 0.5) is 5.82 Å². The highest BCUT2D eigenvalue weighted by Crippen LogP contribution is 2.23. The molecule has 78 valence electrons. The minimum absolute atomic E-state index is 0.396. The summed E-state index contributed by atoms with van der Waals surface area (Å²) in [6.45, 7) is 4.24. The lowest BCUT2D eigenvalue weighted by molar-refractivity contribution is 0.793. The predicted octanol–water partition coefficient (Wildman–Crippen LogP) is 2.65. The molecule has 0 atom stereocenters. The molecule has 1 aromatic rings. The monoisotopic (exact) mass is 323 g/mol. The third-order valence-electron chi connectivity index (χ3n) is 1.77. The van der Waals surface area contributed by atoms with E-state index in [-0.39, 0.29) is 0 Å². The maximum absolute atomic E-state index is 5.82. The average molecular weight is 323 g/mol. The summed E-state index contributed by atoms with van der Waals surface area (Å²) >= 11 is 3.92. The van der Waals surface area contributed by atoms with Crippen LogP contribution in [0.5, 0.6) is 0 Å². The third-order valence-corrected chi connectivity index (χ3v) is 3.42. The molecule has 0 aliphatic rings. The summed E-state index contributed by atoms with van der Waals surface area (Å²) in [6, 6.07) is 0. The molecule has 0 saturated carbocycles. The molecule has 0 fully saturated rings. The summed E-state index contributed by atoms with van der Waals surface area (Å²) in [5.74, 6) is 2.65. The number of rotatable bonds is 3. The Balaban J connectivity index is 3.14. The number of hydrogen-bond donors (Lipinski definition) is 1. The molecule has 14 heavy (non-hydrogen) atoms. The predicted molar refractivity (Wildman–Crippen MR) is 70.5 cm³/mol. The summed E-state index contributed by atoms with van der Waals surface area (Å²) in [5, 5.41) is 0. The molecular weight excluding hydrogens is 309 g/mol. The van der Waals surface area contributed by atoms with Crippen LogP contribution in [0.25, 0.3) is 0 Å². The van der Waals surface area contributed by atoms with Gasteiger partial charge in [-0.15, -0.1) is 0 Å². The minimum atomic E-state index is 0.396. The average Bonchev–Trinajstić information content (AvgIpc) is 2.11. The van der Waals surface area contributed by atoms with E-state index in [0.29, 0.717) is 11.7 Å². The Hall–Kier alpha value is -0.0400. The Labute approximate surface area is 102 Å². The molecule has 3 nitrogen and oxygen atoms in total. The molecule has 0 spiro atoms. The van der Waals surface area contributed by atoms with Gasteiger partial charge in [0.05, 0.1) is 15.0 Å². The maximum atomic E-state index is 5.82. The van der Waals surface area contributed by atoms with E-state index in [0.717, 1.165) is 20.8 Å². The van der Waals surface area contributed by atoms with Gasteiger partial charge in [0.1, 0.15) is 11.6 Å². The number of nitrogens with two attached hydrogens (primary N) is 1. The van der Waals surface area contributed by atoms with E-state index in [1.165, 1.54) is 0 Å². The summed E-state index contributed by atoms with van der Waals surface area (Å²) in [4.78, 5) is 8.75. The lowest BCUT2D eigenvalue weighted by Gasteiger charge is -2.10. The first-order valence-corrected chi connectivity index (χ1v) is 6.84. The molecule has 1 heterocycles. The third kappa shape index (κ3) is 2.73. The molecule has 0 amide bonds. The van der Waals surface area contributed by atoms with E-state index in [4.69, 9.17) is 5.73 Å². The van der Waals surface area contributed by atoms with Gasteiger partial charge in [0.25, 0.3) is 0 Å². The van der Waals surface area contributed by atoms with Crippen molar-refractivity contribution in [2.24, 2.45) is 0 Å². The quantitative estimate of drug-likeness (QED) is 0.869.